The van der Waals surface area contributed by atoms with E-state index in [1.165, 1.54) is 25.3 Å². The van der Waals surface area contributed by atoms with Gasteiger partial charge in [0.25, 0.3) is 0 Å². The summed E-state index contributed by atoms with van der Waals surface area (Å²) >= 11 is 0. The second-order valence-corrected chi connectivity index (χ2v) is 3.08. The molecule has 0 fully saturated rings. The predicted octanol–water partition coefficient (Wildman–Crippen LogP) is 1.26. The van der Waals surface area contributed by atoms with Crippen molar-refractivity contribution in [2.24, 2.45) is 0 Å². The largest absolute Gasteiger partial charge is 0.493 e. The van der Waals surface area contributed by atoms with E-state index in [9.17, 15) is 9.18 Å². The summed E-state index contributed by atoms with van der Waals surface area (Å²) < 4.78 is 22.5. The zero-order valence-electron chi connectivity index (χ0n) is 8.90. The van der Waals surface area contributed by atoms with Crippen LogP contribution < -0.4 is 4.74 Å². The number of benzene rings is 1. The topological polar surface area (TPSA) is 55.8 Å². The fourth-order valence-electron chi connectivity index (χ4n) is 1.16. The summed E-state index contributed by atoms with van der Waals surface area (Å²) in [7, 11) is 1.29. The molecular formula is C11H13FO4. The maximum Gasteiger partial charge on any atom is 0.308 e. The summed E-state index contributed by atoms with van der Waals surface area (Å²) in [6, 6.07) is 3.83. The highest BCUT2D eigenvalue weighted by Gasteiger charge is 2.06. The summed E-state index contributed by atoms with van der Waals surface area (Å²) in [4.78, 5) is 10.8. The zero-order valence-corrected chi connectivity index (χ0v) is 8.90. The monoisotopic (exact) mass is 228 g/mol. The lowest BCUT2D eigenvalue weighted by Gasteiger charge is -2.09. The van der Waals surface area contributed by atoms with Crippen LogP contribution in [0.15, 0.2) is 18.2 Å². The fraction of sp³-hybridized carbons (Fsp3) is 0.364. The number of rotatable bonds is 5. The summed E-state index contributed by atoms with van der Waals surface area (Å²) in [6.07, 6.45) is 0.110. The number of ether oxygens (including phenoxy) is 2. The van der Waals surface area contributed by atoms with E-state index in [-0.39, 0.29) is 25.6 Å². The molecule has 0 amide bonds. The van der Waals surface area contributed by atoms with E-state index >= 15 is 0 Å². The van der Waals surface area contributed by atoms with E-state index in [0.29, 0.717) is 11.3 Å². The lowest BCUT2D eigenvalue weighted by molar-refractivity contribution is -0.141. The van der Waals surface area contributed by atoms with Crippen LogP contribution in [0.2, 0.25) is 0 Å². The Morgan fingerprint density at radius 1 is 1.50 bits per heavy atom. The van der Waals surface area contributed by atoms with Crippen LogP contribution in [0.1, 0.15) is 12.0 Å². The van der Waals surface area contributed by atoms with Crippen LogP contribution in [-0.4, -0.2) is 24.8 Å². The summed E-state index contributed by atoms with van der Waals surface area (Å²) in [5, 5.41) is 8.96. The second kappa shape index (κ2) is 6.07. The minimum Gasteiger partial charge on any atom is -0.493 e. The first-order valence-corrected chi connectivity index (χ1v) is 4.76. The highest BCUT2D eigenvalue weighted by Crippen LogP contribution is 2.19. The van der Waals surface area contributed by atoms with Gasteiger partial charge in [0, 0.05) is 5.56 Å². The average Bonchev–Trinajstić information content (AvgIpc) is 2.30. The van der Waals surface area contributed by atoms with Crippen molar-refractivity contribution in [1.29, 1.82) is 0 Å². The molecule has 0 bridgehead atoms. The third kappa shape index (κ3) is 3.51. The zero-order chi connectivity index (χ0) is 12.0. The standard InChI is InChI=1S/C11H13FO4/c1-15-11(14)4-5-16-10-3-2-9(12)6-8(10)7-13/h2-3,6,13H,4-5,7H2,1H3. The van der Waals surface area contributed by atoms with Crippen LogP contribution >= 0.6 is 0 Å². The number of halogens is 1. The molecule has 4 nitrogen and oxygen atoms in total. The molecule has 0 aromatic heterocycles. The number of hydrogen-bond donors (Lipinski definition) is 1. The summed E-state index contributed by atoms with van der Waals surface area (Å²) in [6.45, 7) is -0.184. The molecule has 1 N–H and O–H groups in total. The first kappa shape index (κ1) is 12.4. The molecule has 0 spiro atoms. The minimum absolute atomic E-state index is 0.110. The third-order valence-electron chi connectivity index (χ3n) is 1.98. The van der Waals surface area contributed by atoms with Crippen molar-refractivity contribution in [2.75, 3.05) is 13.7 Å². The molecule has 0 aliphatic heterocycles. The van der Waals surface area contributed by atoms with Gasteiger partial charge in [-0.3, -0.25) is 4.79 Å². The molecule has 0 aliphatic rings. The number of esters is 1. The van der Waals surface area contributed by atoms with Gasteiger partial charge in [-0.2, -0.15) is 0 Å². The number of aliphatic hydroxyl groups excluding tert-OH is 1. The van der Waals surface area contributed by atoms with Crippen LogP contribution in [0.3, 0.4) is 0 Å². The van der Waals surface area contributed by atoms with Crippen LogP contribution in [0.4, 0.5) is 4.39 Å². The first-order valence-electron chi connectivity index (χ1n) is 4.76. The Morgan fingerprint density at radius 2 is 2.25 bits per heavy atom. The smallest absolute Gasteiger partial charge is 0.308 e. The summed E-state index contributed by atoms with van der Waals surface area (Å²) in [5.41, 5.74) is 0.352. The fourth-order valence-corrected chi connectivity index (χ4v) is 1.16. The number of carbonyl (C=O) groups is 1. The number of carbonyl (C=O) groups excluding carboxylic acids is 1. The Kier molecular flexibility index (Phi) is 4.72. The molecule has 0 heterocycles. The maximum atomic E-state index is 12.8. The van der Waals surface area contributed by atoms with Gasteiger partial charge < -0.3 is 14.6 Å². The van der Waals surface area contributed by atoms with Gasteiger partial charge in [-0.25, -0.2) is 4.39 Å². The SMILES string of the molecule is COC(=O)CCOc1ccc(F)cc1CO. The molecule has 1 aromatic rings. The van der Waals surface area contributed by atoms with Crippen molar-refractivity contribution in [3.63, 3.8) is 0 Å². The molecule has 1 aromatic carbocycles. The van der Waals surface area contributed by atoms with E-state index in [2.05, 4.69) is 4.74 Å². The highest BCUT2D eigenvalue weighted by molar-refractivity contribution is 5.69. The molecule has 1 rings (SSSR count). The van der Waals surface area contributed by atoms with E-state index in [0.717, 1.165) is 0 Å². The Hall–Kier alpha value is -1.62. The van der Waals surface area contributed by atoms with Crippen molar-refractivity contribution < 1.29 is 23.8 Å². The lowest BCUT2D eigenvalue weighted by atomic mass is 10.2. The molecule has 0 atom stereocenters. The normalized spacial score (nSPS) is 9.94. The van der Waals surface area contributed by atoms with Gasteiger partial charge in [0.15, 0.2) is 0 Å². The Balaban J connectivity index is 2.56. The molecule has 0 unspecified atom stereocenters. The number of methoxy groups -OCH3 is 1. The molecule has 0 radical (unpaired) electrons. The van der Waals surface area contributed by atoms with Crippen molar-refractivity contribution >= 4 is 5.97 Å². The lowest BCUT2D eigenvalue weighted by Crippen LogP contribution is -2.08. The van der Waals surface area contributed by atoms with Crippen molar-refractivity contribution in [3.8, 4) is 5.75 Å². The van der Waals surface area contributed by atoms with Gasteiger partial charge in [0.2, 0.25) is 0 Å². The van der Waals surface area contributed by atoms with Gasteiger partial charge in [0.1, 0.15) is 11.6 Å². The van der Waals surface area contributed by atoms with Gasteiger partial charge in [-0.15, -0.1) is 0 Å². The maximum absolute atomic E-state index is 12.8. The van der Waals surface area contributed by atoms with E-state index in [1.54, 1.807) is 0 Å². The van der Waals surface area contributed by atoms with Crippen LogP contribution in [0, 0.1) is 5.82 Å². The minimum atomic E-state index is -0.440. The van der Waals surface area contributed by atoms with Crippen molar-refractivity contribution in [1.82, 2.24) is 0 Å². The first-order chi connectivity index (χ1) is 7.67. The second-order valence-electron chi connectivity index (χ2n) is 3.08. The van der Waals surface area contributed by atoms with Crippen LogP contribution in [0.25, 0.3) is 0 Å². The van der Waals surface area contributed by atoms with E-state index < -0.39 is 5.82 Å². The van der Waals surface area contributed by atoms with Gasteiger partial charge in [0.05, 0.1) is 26.7 Å². The Labute approximate surface area is 92.6 Å². The molecule has 88 valence electrons. The Bertz CT molecular complexity index is 365. The van der Waals surface area contributed by atoms with Crippen molar-refractivity contribution in [2.45, 2.75) is 13.0 Å². The van der Waals surface area contributed by atoms with Gasteiger partial charge >= 0.3 is 5.97 Å². The van der Waals surface area contributed by atoms with Crippen LogP contribution in [0.5, 0.6) is 5.75 Å². The summed E-state index contributed by atoms with van der Waals surface area (Å²) in [5.74, 6) is -0.454. The van der Waals surface area contributed by atoms with Gasteiger partial charge in [-0.05, 0) is 18.2 Å². The average molecular weight is 228 g/mol. The van der Waals surface area contributed by atoms with E-state index in [4.69, 9.17) is 9.84 Å². The predicted molar refractivity (Wildman–Crippen MR) is 54.5 cm³/mol. The van der Waals surface area contributed by atoms with Crippen molar-refractivity contribution in [3.05, 3.63) is 29.6 Å². The highest BCUT2D eigenvalue weighted by atomic mass is 19.1. The molecule has 0 aliphatic carbocycles. The molecule has 16 heavy (non-hydrogen) atoms. The van der Waals surface area contributed by atoms with E-state index in [1.807, 2.05) is 0 Å². The number of hydrogen-bond acceptors (Lipinski definition) is 4. The van der Waals surface area contributed by atoms with Gasteiger partial charge in [-0.1, -0.05) is 0 Å². The molecule has 0 saturated heterocycles. The molecule has 5 heteroatoms. The van der Waals surface area contributed by atoms with Crippen LogP contribution in [-0.2, 0) is 16.1 Å². The Morgan fingerprint density at radius 3 is 2.88 bits per heavy atom. The molecular weight excluding hydrogens is 215 g/mol. The quantitative estimate of drug-likeness (QED) is 0.771. The molecule has 0 saturated carbocycles. The third-order valence-corrected chi connectivity index (χ3v) is 1.98. The number of aliphatic hydroxyl groups is 1.